The lowest BCUT2D eigenvalue weighted by molar-refractivity contribution is -0.143. The largest absolute Gasteiger partial charge is 0.464 e. The second-order valence-electron chi connectivity index (χ2n) is 13.9. The first kappa shape index (κ1) is 41.0. The quantitative estimate of drug-likeness (QED) is 0.0524. The molecule has 1 rings (SSSR count). The number of carbonyl (C=O) groups excluding carboxylic acids is 1. The van der Waals surface area contributed by atoms with Crippen molar-refractivity contribution in [1.82, 2.24) is 4.90 Å². The van der Waals surface area contributed by atoms with Crippen molar-refractivity contribution in [2.24, 2.45) is 4.99 Å². The number of unbranched alkanes of at least 4 members (excludes halogenated alkanes) is 28. The molecule has 1 heterocycles. The predicted molar refractivity (Wildman–Crippen MR) is 194 cm³/mol. The molecule has 0 aliphatic carbocycles. The Kier molecular flexibility index (Phi) is 31.0. The van der Waals surface area contributed by atoms with Crippen LogP contribution in [-0.2, 0) is 9.53 Å². The van der Waals surface area contributed by atoms with E-state index in [4.69, 9.17) is 9.73 Å². The number of hydrogen-bond acceptors (Lipinski definition) is 4. The van der Waals surface area contributed by atoms with E-state index in [1.54, 1.807) is 0 Å². The van der Waals surface area contributed by atoms with Crippen molar-refractivity contribution in [3.8, 4) is 0 Å². The number of aliphatic imine (C=N–C) groups is 1. The molecule has 0 unspecified atom stereocenters. The Morgan fingerprint density at radius 2 is 0.909 bits per heavy atom. The summed E-state index contributed by atoms with van der Waals surface area (Å²) in [5.41, 5.74) is 0. The Morgan fingerprint density at radius 3 is 1.32 bits per heavy atom. The van der Waals surface area contributed by atoms with E-state index in [1.165, 1.54) is 186 Å². The molecule has 0 aromatic carbocycles. The Morgan fingerprint density at radius 1 is 0.545 bits per heavy atom. The molecular formula is C40H78N2O2. The van der Waals surface area contributed by atoms with Gasteiger partial charge in [-0.1, -0.05) is 194 Å². The normalized spacial score (nSPS) is 13.1. The van der Waals surface area contributed by atoms with E-state index in [0.29, 0.717) is 13.0 Å². The van der Waals surface area contributed by atoms with Crippen molar-refractivity contribution >= 4 is 11.8 Å². The van der Waals surface area contributed by atoms with Crippen molar-refractivity contribution < 1.29 is 9.53 Å². The van der Waals surface area contributed by atoms with Gasteiger partial charge in [0, 0.05) is 19.4 Å². The highest BCUT2D eigenvalue weighted by Gasteiger charge is 2.16. The van der Waals surface area contributed by atoms with Crippen LogP contribution in [-0.4, -0.2) is 42.9 Å². The van der Waals surface area contributed by atoms with Crippen LogP contribution in [0.4, 0.5) is 0 Å². The summed E-state index contributed by atoms with van der Waals surface area (Å²) >= 11 is 0. The zero-order chi connectivity index (χ0) is 31.6. The van der Waals surface area contributed by atoms with Gasteiger partial charge in [0.1, 0.15) is 6.61 Å². The van der Waals surface area contributed by atoms with E-state index in [-0.39, 0.29) is 5.97 Å². The van der Waals surface area contributed by atoms with Crippen LogP contribution < -0.4 is 0 Å². The molecule has 260 valence electrons. The third-order valence-electron chi connectivity index (χ3n) is 9.64. The second-order valence-corrected chi connectivity index (χ2v) is 13.9. The fourth-order valence-electron chi connectivity index (χ4n) is 6.64. The van der Waals surface area contributed by atoms with Gasteiger partial charge in [0.25, 0.3) is 0 Å². The lowest BCUT2D eigenvalue weighted by Crippen LogP contribution is -2.31. The topological polar surface area (TPSA) is 41.9 Å². The Bertz CT molecular complexity index is 635. The van der Waals surface area contributed by atoms with Crippen molar-refractivity contribution in [3.63, 3.8) is 0 Å². The SMILES string of the molecule is CCCCCCCCCCCCCCCCCC(=O)OCCN1CCN=C1CCCCCCCCCCCCCCCCC. The maximum Gasteiger partial charge on any atom is 0.305 e. The minimum absolute atomic E-state index is 0.0141. The molecule has 0 saturated carbocycles. The molecule has 4 nitrogen and oxygen atoms in total. The van der Waals surface area contributed by atoms with E-state index in [9.17, 15) is 4.79 Å². The first-order valence-electron chi connectivity index (χ1n) is 20.2. The summed E-state index contributed by atoms with van der Waals surface area (Å²) in [6.07, 6.45) is 43.0. The fourth-order valence-corrected chi connectivity index (χ4v) is 6.64. The number of hydrogen-bond donors (Lipinski definition) is 0. The van der Waals surface area contributed by atoms with Gasteiger partial charge in [-0.25, -0.2) is 0 Å². The molecule has 4 heteroatoms. The van der Waals surface area contributed by atoms with Gasteiger partial charge < -0.3 is 9.64 Å². The highest BCUT2D eigenvalue weighted by atomic mass is 16.5. The second kappa shape index (κ2) is 33.3. The summed E-state index contributed by atoms with van der Waals surface area (Å²) in [6.45, 7) is 7.79. The molecule has 1 aliphatic rings. The molecule has 0 radical (unpaired) electrons. The maximum atomic E-state index is 12.2. The lowest BCUT2D eigenvalue weighted by Gasteiger charge is -2.20. The molecule has 0 saturated heterocycles. The van der Waals surface area contributed by atoms with Crippen LogP contribution in [0.2, 0.25) is 0 Å². The Hall–Kier alpha value is -1.06. The predicted octanol–water partition coefficient (Wildman–Crippen LogP) is 12.8. The van der Waals surface area contributed by atoms with Crippen molar-refractivity contribution in [3.05, 3.63) is 0 Å². The molecule has 0 atom stereocenters. The van der Waals surface area contributed by atoms with E-state index >= 15 is 0 Å². The van der Waals surface area contributed by atoms with Gasteiger partial charge in [-0.05, 0) is 12.8 Å². The monoisotopic (exact) mass is 619 g/mol. The van der Waals surface area contributed by atoms with Crippen LogP contribution in [0.1, 0.15) is 219 Å². The molecule has 0 spiro atoms. The molecule has 44 heavy (non-hydrogen) atoms. The fraction of sp³-hybridized carbons (Fsp3) is 0.950. The van der Waals surface area contributed by atoms with E-state index in [1.807, 2.05) is 0 Å². The molecule has 0 amide bonds. The highest BCUT2D eigenvalue weighted by molar-refractivity contribution is 5.83. The summed E-state index contributed by atoms with van der Waals surface area (Å²) in [4.78, 5) is 19.3. The maximum absolute atomic E-state index is 12.2. The highest BCUT2D eigenvalue weighted by Crippen LogP contribution is 2.16. The van der Waals surface area contributed by atoms with Gasteiger partial charge >= 0.3 is 5.97 Å². The molecule has 0 fully saturated rings. The minimum atomic E-state index is -0.0141. The van der Waals surface area contributed by atoms with E-state index < -0.39 is 0 Å². The van der Waals surface area contributed by atoms with Crippen LogP contribution in [0.25, 0.3) is 0 Å². The third-order valence-corrected chi connectivity index (χ3v) is 9.64. The molecular weight excluding hydrogens is 540 g/mol. The van der Waals surface area contributed by atoms with Crippen LogP contribution >= 0.6 is 0 Å². The van der Waals surface area contributed by atoms with Gasteiger partial charge in [-0.15, -0.1) is 0 Å². The average Bonchev–Trinajstić information content (AvgIpc) is 3.48. The summed E-state index contributed by atoms with van der Waals surface area (Å²) in [5, 5.41) is 0. The van der Waals surface area contributed by atoms with Crippen LogP contribution in [0, 0.1) is 0 Å². The molecule has 0 aromatic rings. The van der Waals surface area contributed by atoms with Crippen molar-refractivity contribution in [2.45, 2.75) is 219 Å². The van der Waals surface area contributed by atoms with Crippen molar-refractivity contribution in [2.75, 3.05) is 26.2 Å². The molecule has 0 N–H and O–H groups in total. The number of rotatable bonds is 35. The molecule has 0 bridgehead atoms. The van der Waals surface area contributed by atoms with E-state index in [0.717, 1.165) is 38.9 Å². The van der Waals surface area contributed by atoms with Crippen molar-refractivity contribution in [1.29, 1.82) is 0 Å². The number of carbonyl (C=O) groups is 1. The zero-order valence-electron chi connectivity index (χ0n) is 30.2. The minimum Gasteiger partial charge on any atom is -0.464 e. The summed E-state index contributed by atoms with van der Waals surface area (Å²) < 4.78 is 5.57. The van der Waals surface area contributed by atoms with Gasteiger partial charge in [-0.3, -0.25) is 9.79 Å². The van der Waals surface area contributed by atoms with Crippen LogP contribution in [0.15, 0.2) is 4.99 Å². The molecule has 1 aliphatic heterocycles. The number of esters is 1. The summed E-state index contributed by atoms with van der Waals surface area (Å²) in [6, 6.07) is 0. The number of amidine groups is 1. The smallest absolute Gasteiger partial charge is 0.305 e. The van der Waals surface area contributed by atoms with Gasteiger partial charge in [0.05, 0.1) is 18.9 Å². The summed E-state index contributed by atoms with van der Waals surface area (Å²) in [7, 11) is 0. The molecule has 0 aromatic heterocycles. The first-order chi connectivity index (χ1) is 21.8. The van der Waals surface area contributed by atoms with Crippen LogP contribution in [0.3, 0.4) is 0 Å². The van der Waals surface area contributed by atoms with Gasteiger partial charge in [0.2, 0.25) is 0 Å². The third kappa shape index (κ3) is 27.3. The Balaban J connectivity index is 1.84. The van der Waals surface area contributed by atoms with Gasteiger partial charge in [0.15, 0.2) is 0 Å². The Labute approximate surface area is 276 Å². The zero-order valence-corrected chi connectivity index (χ0v) is 30.2. The van der Waals surface area contributed by atoms with E-state index in [2.05, 4.69) is 18.7 Å². The number of nitrogens with zero attached hydrogens (tertiary/aromatic N) is 2. The van der Waals surface area contributed by atoms with Gasteiger partial charge in [-0.2, -0.15) is 0 Å². The van der Waals surface area contributed by atoms with Crippen LogP contribution in [0.5, 0.6) is 0 Å². The number of ether oxygens (including phenoxy) is 1. The lowest BCUT2D eigenvalue weighted by atomic mass is 10.0. The first-order valence-corrected chi connectivity index (χ1v) is 20.2. The average molecular weight is 619 g/mol. The summed E-state index contributed by atoms with van der Waals surface area (Å²) in [5.74, 6) is 1.23. The standard InChI is InChI=1S/C40H78N2O2/c1-3-5-7-9-11-13-15-17-19-21-23-25-27-29-31-33-39-41-35-36-42(39)37-38-44-40(43)34-32-30-28-26-24-22-20-18-16-14-12-10-8-6-4-2/h3-38H2,1-2H3.